The lowest BCUT2D eigenvalue weighted by Gasteiger charge is -2.35. The zero-order valence-corrected chi connectivity index (χ0v) is 9.24. The van der Waals surface area contributed by atoms with E-state index in [2.05, 4.69) is 12.6 Å². The first-order chi connectivity index (χ1) is 6.97. The number of thiol groups is 1. The quantitative estimate of drug-likeness (QED) is 0.765. The van der Waals surface area contributed by atoms with Crippen molar-refractivity contribution in [2.75, 3.05) is 32.2 Å². The molecule has 0 unspecified atom stereocenters. The van der Waals surface area contributed by atoms with E-state index in [0.29, 0.717) is 31.8 Å². The van der Waals surface area contributed by atoms with Gasteiger partial charge in [-0.3, -0.25) is 0 Å². The van der Waals surface area contributed by atoms with E-state index in [9.17, 15) is 13.2 Å². The highest BCUT2D eigenvalue weighted by Gasteiger charge is 2.34. The molecule has 0 saturated carbocycles. The minimum atomic E-state index is -4.25. The Hall–Kier alpha value is 0.0600. The number of ether oxygens (including phenoxy) is 2. The summed E-state index contributed by atoms with van der Waals surface area (Å²) in [5, 5.41) is 0. The van der Waals surface area contributed by atoms with E-state index in [4.69, 9.17) is 9.47 Å². The lowest BCUT2D eigenvalue weighted by atomic mass is 9.83. The smallest absolute Gasteiger partial charge is 0.381 e. The fourth-order valence-corrected chi connectivity index (χ4v) is 1.94. The highest BCUT2D eigenvalue weighted by Crippen LogP contribution is 2.32. The number of hydrogen-bond acceptors (Lipinski definition) is 3. The van der Waals surface area contributed by atoms with Gasteiger partial charge in [-0.1, -0.05) is 0 Å². The van der Waals surface area contributed by atoms with Crippen LogP contribution in [0.15, 0.2) is 0 Å². The topological polar surface area (TPSA) is 18.5 Å². The van der Waals surface area contributed by atoms with Crippen molar-refractivity contribution < 1.29 is 22.6 Å². The average Bonchev–Trinajstić information content (AvgIpc) is 2.17. The highest BCUT2D eigenvalue weighted by molar-refractivity contribution is 7.80. The fourth-order valence-electron chi connectivity index (χ4n) is 1.54. The molecule has 0 atom stereocenters. The van der Waals surface area contributed by atoms with Crippen LogP contribution in [0.25, 0.3) is 0 Å². The van der Waals surface area contributed by atoms with Gasteiger partial charge in [0, 0.05) is 18.6 Å². The molecule has 1 aliphatic heterocycles. The van der Waals surface area contributed by atoms with Crippen molar-refractivity contribution in [2.45, 2.75) is 19.0 Å². The molecule has 6 heteroatoms. The third-order valence-electron chi connectivity index (χ3n) is 2.56. The monoisotopic (exact) mass is 244 g/mol. The molecule has 0 radical (unpaired) electrons. The SMILES string of the molecule is FC(F)(F)COCC1(CS)CCOCC1. The second-order valence-corrected chi connectivity index (χ2v) is 4.19. The van der Waals surface area contributed by atoms with Crippen molar-refractivity contribution in [2.24, 2.45) is 5.41 Å². The summed E-state index contributed by atoms with van der Waals surface area (Å²) in [6.07, 6.45) is -2.81. The van der Waals surface area contributed by atoms with Crippen LogP contribution in [0.2, 0.25) is 0 Å². The van der Waals surface area contributed by atoms with Gasteiger partial charge in [0.1, 0.15) is 6.61 Å². The van der Waals surface area contributed by atoms with Crippen molar-refractivity contribution in [1.29, 1.82) is 0 Å². The van der Waals surface area contributed by atoms with Crippen LogP contribution in [0.4, 0.5) is 13.2 Å². The molecule has 1 rings (SSSR count). The molecule has 0 N–H and O–H groups in total. The van der Waals surface area contributed by atoms with E-state index in [0.717, 1.165) is 0 Å². The van der Waals surface area contributed by atoms with Crippen molar-refractivity contribution in [1.82, 2.24) is 0 Å². The lowest BCUT2D eigenvalue weighted by molar-refractivity contribution is -0.183. The predicted octanol–water partition coefficient (Wildman–Crippen LogP) is 2.29. The molecule has 1 heterocycles. The molecule has 0 spiro atoms. The molecular formula is C9H15F3O2S. The van der Waals surface area contributed by atoms with E-state index in [1.165, 1.54) is 0 Å². The molecule has 15 heavy (non-hydrogen) atoms. The van der Waals surface area contributed by atoms with Crippen LogP contribution in [-0.4, -0.2) is 38.4 Å². The molecule has 1 fully saturated rings. The minimum Gasteiger partial charge on any atom is -0.381 e. The lowest BCUT2D eigenvalue weighted by Crippen LogP contribution is -2.37. The van der Waals surface area contributed by atoms with Crippen molar-refractivity contribution in [3.05, 3.63) is 0 Å². The first kappa shape index (κ1) is 13.1. The summed E-state index contributed by atoms with van der Waals surface area (Å²) in [7, 11) is 0. The van der Waals surface area contributed by atoms with Crippen LogP contribution in [0.1, 0.15) is 12.8 Å². The summed E-state index contributed by atoms with van der Waals surface area (Å²) in [6.45, 7) is 0.0919. The van der Waals surface area contributed by atoms with Crippen molar-refractivity contribution >= 4 is 12.6 Å². The zero-order chi connectivity index (χ0) is 11.4. The van der Waals surface area contributed by atoms with Gasteiger partial charge >= 0.3 is 6.18 Å². The Labute approximate surface area is 92.5 Å². The number of rotatable bonds is 4. The van der Waals surface area contributed by atoms with Crippen molar-refractivity contribution in [3.63, 3.8) is 0 Å². The van der Waals surface area contributed by atoms with Gasteiger partial charge in [-0.15, -0.1) is 0 Å². The Morgan fingerprint density at radius 3 is 2.33 bits per heavy atom. The summed E-state index contributed by atoms with van der Waals surface area (Å²) in [5.74, 6) is 0.536. The number of hydrogen-bond donors (Lipinski definition) is 1. The molecular weight excluding hydrogens is 229 g/mol. The maximum absolute atomic E-state index is 11.9. The standard InChI is InChI=1S/C9H15F3O2S/c10-9(11,12)6-14-5-8(7-15)1-3-13-4-2-8/h15H,1-7H2. The van der Waals surface area contributed by atoms with Crippen LogP contribution < -0.4 is 0 Å². The Bertz CT molecular complexity index is 190. The van der Waals surface area contributed by atoms with Gasteiger partial charge in [-0.05, 0) is 18.6 Å². The third-order valence-corrected chi connectivity index (χ3v) is 3.23. The molecule has 90 valence electrons. The molecule has 1 saturated heterocycles. The molecule has 0 aromatic carbocycles. The Balaban J connectivity index is 2.33. The van der Waals surface area contributed by atoms with Crippen LogP contribution >= 0.6 is 12.6 Å². The zero-order valence-electron chi connectivity index (χ0n) is 8.35. The van der Waals surface area contributed by atoms with Crippen LogP contribution in [0.5, 0.6) is 0 Å². The summed E-state index contributed by atoms with van der Waals surface area (Å²) in [5.41, 5.74) is -0.243. The Morgan fingerprint density at radius 1 is 1.27 bits per heavy atom. The predicted molar refractivity (Wildman–Crippen MR) is 53.2 cm³/mol. The summed E-state index contributed by atoms with van der Waals surface area (Å²) >= 11 is 4.18. The third kappa shape index (κ3) is 4.61. The summed E-state index contributed by atoms with van der Waals surface area (Å²) in [6, 6.07) is 0. The molecule has 0 aromatic heterocycles. The van der Waals surface area contributed by atoms with E-state index < -0.39 is 12.8 Å². The maximum atomic E-state index is 11.9. The van der Waals surface area contributed by atoms with Gasteiger partial charge in [-0.25, -0.2) is 0 Å². The molecule has 2 nitrogen and oxygen atoms in total. The first-order valence-corrected chi connectivity index (χ1v) is 5.44. The molecule has 0 aliphatic carbocycles. The van der Waals surface area contributed by atoms with Crippen molar-refractivity contribution in [3.8, 4) is 0 Å². The number of alkyl halides is 3. The van der Waals surface area contributed by atoms with Gasteiger partial charge in [0.15, 0.2) is 0 Å². The van der Waals surface area contributed by atoms with Gasteiger partial charge in [0.05, 0.1) is 6.61 Å². The molecule has 1 aliphatic rings. The first-order valence-electron chi connectivity index (χ1n) is 4.81. The summed E-state index contributed by atoms with van der Waals surface area (Å²) in [4.78, 5) is 0. The molecule has 0 bridgehead atoms. The highest BCUT2D eigenvalue weighted by atomic mass is 32.1. The van der Waals surface area contributed by atoms with Gasteiger partial charge in [0.25, 0.3) is 0 Å². The van der Waals surface area contributed by atoms with Gasteiger partial charge < -0.3 is 9.47 Å². The Kier molecular flexibility index (Phi) is 4.73. The van der Waals surface area contributed by atoms with Gasteiger partial charge in [0.2, 0.25) is 0 Å². The van der Waals surface area contributed by atoms with Crippen LogP contribution in [0, 0.1) is 5.41 Å². The average molecular weight is 244 g/mol. The van der Waals surface area contributed by atoms with E-state index >= 15 is 0 Å². The van der Waals surface area contributed by atoms with E-state index in [-0.39, 0.29) is 12.0 Å². The largest absolute Gasteiger partial charge is 0.411 e. The minimum absolute atomic E-state index is 0.110. The van der Waals surface area contributed by atoms with Gasteiger partial charge in [-0.2, -0.15) is 25.8 Å². The van der Waals surface area contributed by atoms with E-state index in [1.54, 1.807) is 0 Å². The van der Waals surface area contributed by atoms with Crippen LogP contribution in [-0.2, 0) is 9.47 Å². The molecule has 0 amide bonds. The molecule has 0 aromatic rings. The number of halogens is 3. The van der Waals surface area contributed by atoms with E-state index in [1.807, 2.05) is 0 Å². The normalized spacial score (nSPS) is 21.6. The van der Waals surface area contributed by atoms with Crippen LogP contribution in [0.3, 0.4) is 0 Å². The summed E-state index contributed by atoms with van der Waals surface area (Å²) < 4.78 is 45.5. The second kappa shape index (κ2) is 5.41. The Morgan fingerprint density at radius 2 is 1.87 bits per heavy atom. The maximum Gasteiger partial charge on any atom is 0.411 e. The fraction of sp³-hybridized carbons (Fsp3) is 1.00. The second-order valence-electron chi connectivity index (χ2n) is 3.88.